The average Bonchev–Trinajstić information content (AvgIpc) is 2.64. The van der Waals surface area contributed by atoms with Gasteiger partial charge < -0.3 is 25.4 Å². The number of likely N-dealkylation sites (N-methyl/N-ethyl adjacent to an activating group) is 1. The standard InChI is InChI=1S/C22H35N3O5S/c1-8-25(20(28)16(12-31)24-21(29)30-22(5,6)7)17(19(27)23-13(2)3)15-11-9-10-14(4)18(15)26/h9-11,13,16-17,26,31H,8,12H2,1-7H3,(H,23,27)(H,24,29). The number of aromatic hydroxyl groups is 1. The molecule has 8 nitrogen and oxygen atoms in total. The van der Waals surface area contributed by atoms with Gasteiger partial charge in [0.1, 0.15) is 23.4 Å². The third-order valence-corrected chi connectivity index (χ3v) is 4.72. The summed E-state index contributed by atoms with van der Waals surface area (Å²) in [5.41, 5.74) is 0.163. The van der Waals surface area contributed by atoms with E-state index >= 15 is 0 Å². The summed E-state index contributed by atoms with van der Waals surface area (Å²) in [5, 5.41) is 16.0. The van der Waals surface area contributed by atoms with Crippen molar-refractivity contribution in [1.82, 2.24) is 15.5 Å². The molecule has 174 valence electrons. The molecule has 0 aliphatic carbocycles. The Morgan fingerprint density at radius 1 is 1.19 bits per heavy atom. The molecule has 0 bridgehead atoms. The van der Waals surface area contributed by atoms with E-state index in [1.165, 1.54) is 4.90 Å². The Morgan fingerprint density at radius 2 is 1.81 bits per heavy atom. The Balaban J connectivity index is 3.32. The normalized spacial score (nSPS) is 13.3. The van der Waals surface area contributed by atoms with Crippen molar-refractivity contribution in [3.05, 3.63) is 29.3 Å². The minimum atomic E-state index is -1.08. The van der Waals surface area contributed by atoms with Crippen LogP contribution in [-0.2, 0) is 14.3 Å². The van der Waals surface area contributed by atoms with E-state index in [1.54, 1.807) is 52.8 Å². The number of alkyl carbamates (subject to hydrolysis) is 1. The molecule has 1 rings (SSSR count). The van der Waals surface area contributed by atoms with Crippen LogP contribution >= 0.6 is 12.6 Å². The largest absolute Gasteiger partial charge is 0.507 e. The molecule has 0 radical (unpaired) electrons. The van der Waals surface area contributed by atoms with Crippen LogP contribution < -0.4 is 10.6 Å². The number of hydrogen-bond donors (Lipinski definition) is 4. The third kappa shape index (κ3) is 7.65. The summed E-state index contributed by atoms with van der Waals surface area (Å²) in [5.74, 6) is -0.984. The van der Waals surface area contributed by atoms with Gasteiger partial charge in [-0.3, -0.25) is 9.59 Å². The number of nitrogens with one attached hydrogen (secondary N) is 2. The van der Waals surface area contributed by atoms with Crippen LogP contribution in [0.2, 0.25) is 0 Å². The molecule has 2 atom stereocenters. The minimum absolute atomic E-state index is 0.00684. The maximum absolute atomic E-state index is 13.4. The molecule has 0 spiro atoms. The van der Waals surface area contributed by atoms with Crippen molar-refractivity contribution in [3.8, 4) is 5.75 Å². The number of phenolic OH excluding ortho intramolecular Hbond substituents is 1. The molecule has 0 fully saturated rings. The highest BCUT2D eigenvalue weighted by Crippen LogP contribution is 2.32. The van der Waals surface area contributed by atoms with Crippen molar-refractivity contribution in [1.29, 1.82) is 0 Å². The summed E-state index contributed by atoms with van der Waals surface area (Å²) in [7, 11) is 0. The van der Waals surface area contributed by atoms with Gasteiger partial charge in [0.15, 0.2) is 0 Å². The van der Waals surface area contributed by atoms with Crippen molar-refractivity contribution < 1.29 is 24.2 Å². The van der Waals surface area contributed by atoms with Crippen LogP contribution in [0.25, 0.3) is 0 Å². The van der Waals surface area contributed by atoms with Gasteiger partial charge in [0, 0.05) is 23.9 Å². The zero-order valence-corrected chi connectivity index (χ0v) is 20.2. The smallest absolute Gasteiger partial charge is 0.408 e. The lowest BCUT2D eigenvalue weighted by atomic mass is 9.99. The lowest BCUT2D eigenvalue weighted by molar-refractivity contribution is -0.142. The monoisotopic (exact) mass is 453 g/mol. The third-order valence-electron chi connectivity index (χ3n) is 4.35. The summed E-state index contributed by atoms with van der Waals surface area (Å²) in [6.07, 6.45) is -0.752. The molecule has 31 heavy (non-hydrogen) atoms. The van der Waals surface area contributed by atoms with Gasteiger partial charge in [0.05, 0.1) is 0 Å². The van der Waals surface area contributed by atoms with E-state index in [-0.39, 0.29) is 24.1 Å². The van der Waals surface area contributed by atoms with Crippen molar-refractivity contribution in [2.24, 2.45) is 0 Å². The van der Waals surface area contributed by atoms with E-state index in [2.05, 4.69) is 23.3 Å². The first kappa shape index (κ1) is 26.6. The van der Waals surface area contributed by atoms with Crippen molar-refractivity contribution in [3.63, 3.8) is 0 Å². The Bertz CT molecular complexity index is 792. The highest BCUT2D eigenvalue weighted by atomic mass is 32.1. The second kappa shape index (κ2) is 11.3. The quantitative estimate of drug-likeness (QED) is 0.453. The molecular weight excluding hydrogens is 418 g/mol. The first-order valence-electron chi connectivity index (χ1n) is 10.3. The van der Waals surface area contributed by atoms with Crippen LogP contribution in [-0.4, -0.2) is 57.9 Å². The molecule has 1 aromatic carbocycles. The fraction of sp³-hybridized carbons (Fsp3) is 0.591. The van der Waals surface area contributed by atoms with Crippen LogP contribution in [0.1, 0.15) is 58.7 Å². The highest BCUT2D eigenvalue weighted by Gasteiger charge is 2.36. The summed E-state index contributed by atoms with van der Waals surface area (Å²) in [4.78, 5) is 40.0. The first-order chi connectivity index (χ1) is 14.3. The maximum atomic E-state index is 13.4. The molecule has 0 heterocycles. The average molecular weight is 454 g/mol. The number of phenols is 1. The second-order valence-electron chi connectivity index (χ2n) is 8.58. The van der Waals surface area contributed by atoms with Gasteiger partial charge in [0.25, 0.3) is 0 Å². The highest BCUT2D eigenvalue weighted by molar-refractivity contribution is 7.80. The lowest BCUT2D eigenvalue weighted by Crippen LogP contribution is -2.54. The van der Waals surface area contributed by atoms with Gasteiger partial charge in [-0.1, -0.05) is 18.2 Å². The number of aryl methyl sites for hydroxylation is 1. The molecule has 1 aromatic rings. The van der Waals surface area contributed by atoms with Crippen molar-refractivity contribution in [2.45, 2.75) is 72.2 Å². The van der Waals surface area contributed by atoms with Gasteiger partial charge in [-0.05, 0) is 54.0 Å². The topological polar surface area (TPSA) is 108 Å². The fourth-order valence-electron chi connectivity index (χ4n) is 3.02. The number of rotatable bonds is 8. The molecule has 3 N–H and O–H groups in total. The van der Waals surface area contributed by atoms with E-state index in [0.717, 1.165) is 0 Å². The summed E-state index contributed by atoms with van der Waals surface area (Å²) in [6.45, 7) is 12.4. The number of hydrogen-bond acceptors (Lipinski definition) is 6. The Morgan fingerprint density at radius 3 is 2.29 bits per heavy atom. The molecule has 0 aliphatic rings. The Labute approximate surface area is 190 Å². The van der Waals surface area contributed by atoms with Crippen LogP contribution in [0.3, 0.4) is 0 Å². The van der Waals surface area contributed by atoms with Gasteiger partial charge in [-0.15, -0.1) is 0 Å². The predicted octanol–water partition coefficient (Wildman–Crippen LogP) is 2.94. The van der Waals surface area contributed by atoms with E-state index in [9.17, 15) is 19.5 Å². The number of ether oxygens (including phenoxy) is 1. The minimum Gasteiger partial charge on any atom is -0.507 e. The van der Waals surface area contributed by atoms with Crippen molar-refractivity contribution in [2.75, 3.05) is 12.3 Å². The summed E-state index contributed by atoms with van der Waals surface area (Å²) < 4.78 is 5.24. The zero-order chi connectivity index (χ0) is 23.9. The molecular formula is C22H35N3O5S. The first-order valence-corrected chi connectivity index (χ1v) is 10.9. The van der Waals surface area contributed by atoms with Crippen LogP contribution in [0.4, 0.5) is 4.79 Å². The van der Waals surface area contributed by atoms with E-state index in [1.807, 2.05) is 13.8 Å². The number of para-hydroxylation sites is 1. The predicted molar refractivity (Wildman–Crippen MR) is 123 cm³/mol. The van der Waals surface area contributed by atoms with Gasteiger partial charge in [-0.2, -0.15) is 12.6 Å². The second-order valence-corrected chi connectivity index (χ2v) is 8.95. The van der Waals surface area contributed by atoms with Gasteiger partial charge in [-0.25, -0.2) is 4.79 Å². The SMILES string of the molecule is CCN(C(=O)C(CS)NC(=O)OC(C)(C)C)C(C(=O)NC(C)C)c1cccc(C)c1O. The zero-order valence-electron chi connectivity index (χ0n) is 19.4. The van der Waals surface area contributed by atoms with Crippen LogP contribution in [0.5, 0.6) is 5.75 Å². The molecule has 3 amide bonds. The number of benzene rings is 1. The number of thiol groups is 1. The van der Waals surface area contributed by atoms with Gasteiger partial charge >= 0.3 is 6.09 Å². The number of carbonyl (C=O) groups excluding carboxylic acids is 3. The lowest BCUT2D eigenvalue weighted by Gasteiger charge is -2.34. The summed E-state index contributed by atoms with van der Waals surface area (Å²) >= 11 is 4.21. The molecule has 0 saturated carbocycles. The van der Waals surface area contributed by atoms with Crippen molar-refractivity contribution >= 4 is 30.5 Å². The van der Waals surface area contributed by atoms with E-state index < -0.39 is 35.6 Å². The molecule has 9 heteroatoms. The molecule has 0 aliphatic heterocycles. The maximum Gasteiger partial charge on any atom is 0.408 e. The van der Waals surface area contributed by atoms with Gasteiger partial charge in [0.2, 0.25) is 11.8 Å². The number of carbonyl (C=O) groups is 3. The van der Waals surface area contributed by atoms with Crippen LogP contribution in [0, 0.1) is 6.92 Å². The number of nitrogens with zero attached hydrogens (tertiary/aromatic N) is 1. The molecule has 0 saturated heterocycles. The van der Waals surface area contributed by atoms with E-state index in [0.29, 0.717) is 11.1 Å². The van der Waals surface area contributed by atoms with Crippen LogP contribution in [0.15, 0.2) is 18.2 Å². The van der Waals surface area contributed by atoms with E-state index in [4.69, 9.17) is 4.74 Å². The number of amides is 3. The fourth-order valence-corrected chi connectivity index (χ4v) is 3.26. The molecule has 0 aromatic heterocycles. The summed E-state index contributed by atoms with van der Waals surface area (Å²) in [6, 6.07) is 2.78. The Kier molecular flexibility index (Phi) is 9.68. The molecule has 2 unspecified atom stereocenters. The Hall–Kier alpha value is -2.42.